The molecular formula is C18H29NO4Si. The Balaban J connectivity index is 2.50. The summed E-state index contributed by atoms with van der Waals surface area (Å²) in [6.45, 7) is 11.2. The Bertz CT molecular complexity index is 526. The molecule has 1 aromatic rings. The Morgan fingerprint density at radius 3 is 2.42 bits per heavy atom. The predicted molar refractivity (Wildman–Crippen MR) is 97.4 cm³/mol. The van der Waals surface area contributed by atoms with Crippen molar-refractivity contribution in [2.75, 3.05) is 6.61 Å². The minimum absolute atomic E-state index is 0.0759. The van der Waals surface area contributed by atoms with Gasteiger partial charge in [0.25, 0.3) is 0 Å². The first-order chi connectivity index (χ1) is 11.2. The topological polar surface area (TPSA) is 64.6 Å². The van der Waals surface area contributed by atoms with Gasteiger partial charge in [0.15, 0.2) is 8.32 Å². The molecule has 0 radical (unpaired) electrons. The minimum atomic E-state index is -1.93. The Hall–Kier alpha value is -1.66. The monoisotopic (exact) mass is 351 g/mol. The summed E-state index contributed by atoms with van der Waals surface area (Å²) in [6.07, 6.45) is 0.455. The molecule has 134 valence electrons. The first-order valence-corrected chi connectivity index (χ1v) is 11.1. The number of carbonyl (C=O) groups is 2. The Kier molecular flexibility index (Phi) is 7.63. The molecule has 0 saturated heterocycles. The van der Waals surface area contributed by atoms with Crippen molar-refractivity contribution in [3.05, 3.63) is 35.9 Å². The van der Waals surface area contributed by atoms with Crippen LogP contribution < -0.4 is 5.32 Å². The van der Waals surface area contributed by atoms with Gasteiger partial charge >= 0.3 is 6.09 Å². The van der Waals surface area contributed by atoms with Crippen LogP contribution in [0.3, 0.4) is 0 Å². The number of ether oxygens (including phenoxy) is 1. The Morgan fingerprint density at radius 1 is 1.25 bits per heavy atom. The Labute approximate surface area is 145 Å². The highest BCUT2D eigenvalue weighted by Crippen LogP contribution is 2.36. The van der Waals surface area contributed by atoms with E-state index in [1.807, 2.05) is 30.3 Å². The second-order valence-corrected chi connectivity index (χ2v) is 12.2. The summed E-state index contributed by atoms with van der Waals surface area (Å²) in [5, 5.41) is 2.79. The van der Waals surface area contributed by atoms with E-state index in [0.29, 0.717) is 6.61 Å². The van der Waals surface area contributed by atoms with Crippen LogP contribution in [0.15, 0.2) is 30.3 Å². The smallest absolute Gasteiger partial charge is 0.407 e. The molecule has 5 nitrogen and oxygen atoms in total. The van der Waals surface area contributed by atoms with Crippen LogP contribution in [0.2, 0.25) is 18.1 Å². The SMILES string of the molecule is CC(C)(C)[Si](C)(C)OC[C@H](CC=O)NC(=O)OCc1ccccc1. The molecule has 0 saturated carbocycles. The van der Waals surface area contributed by atoms with Gasteiger partial charge in [-0.05, 0) is 23.7 Å². The van der Waals surface area contributed by atoms with Crippen molar-refractivity contribution in [3.63, 3.8) is 0 Å². The molecule has 6 heteroatoms. The first-order valence-electron chi connectivity index (χ1n) is 8.20. The van der Waals surface area contributed by atoms with E-state index in [1.165, 1.54) is 0 Å². The molecular weight excluding hydrogens is 322 g/mol. The molecule has 1 rings (SSSR count). The van der Waals surface area contributed by atoms with Gasteiger partial charge in [-0.15, -0.1) is 0 Å². The quantitative estimate of drug-likeness (QED) is 0.570. The van der Waals surface area contributed by atoms with Gasteiger partial charge in [0.2, 0.25) is 0 Å². The zero-order valence-electron chi connectivity index (χ0n) is 15.3. The number of aldehydes is 1. The lowest BCUT2D eigenvalue weighted by Gasteiger charge is -2.37. The average Bonchev–Trinajstić information content (AvgIpc) is 2.51. The summed E-state index contributed by atoms with van der Waals surface area (Å²) >= 11 is 0. The average molecular weight is 352 g/mol. The zero-order chi connectivity index (χ0) is 18.2. The van der Waals surface area contributed by atoms with Crippen LogP contribution in [-0.4, -0.2) is 33.3 Å². The van der Waals surface area contributed by atoms with Crippen molar-refractivity contribution in [1.29, 1.82) is 0 Å². The van der Waals surface area contributed by atoms with Crippen LogP contribution in [0, 0.1) is 0 Å². The molecule has 0 aromatic heterocycles. The number of hydrogen-bond donors (Lipinski definition) is 1. The largest absolute Gasteiger partial charge is 0.445 e. The third-order valence-corrected chi connectivity index (χ3v) is 8.87. The second kappa shape index (κ2) is 8.99. The van der Waals surface area contributed by atoms with E-state index >= 15 is 0 Å². The minimum Gasteiger partial charge on any atom is -0.445 e. The zero-order valence-corrected chi connectivity index (χ0v) is 16.3. The second-order valence-electron chi connectivity index (χ2n) is 7.38. The van der Waals surface area contributed by atoms with E-state index in [9.17, 15) is 9.59 Å². The van der Waals surface area contributed by atoms with Crippen molar-refractivity contribution in [2.24, 2.45) is 0 Å². The normalized spacial score (nSPS) is 13.2. The van der Waals surface area contributed by atoms with Crippen molar-refractivity contribution < 1.29 is 18.8 Å². The van der Waals surface area contributed by atoms with Crippen molar-refractivity contribution in [3.8, 4) is 0 Å². The standard InChI is InChI=1S/C18H29NO4Si/c1-18(2,3)24(4,5)23-14-16(11-12-20)19-17(21)22-13-15-9-7-6-8-10-15/h6-10,12,16H,11,13-14H2,1-5H3,(H,19,21)/t16-/m0/s1. The molecule has 0 bridgehead atoms. The maximum atomic E-state index is 11.9. The highest BCUT2D eigenvalue weighted by atomic mass is 28.4. The number of carbonyl (C=O) groups excluding carboxylic acids is 2. The third kappa shape index (κ3) is 6.84. The molecule has 0 fully saturated rings. The molecule has 0 heterocycles. The summed E-state index contributed by atoms with van der Waals surface area (Å²) in [5.74, 6) is 0. The molecule has 24 heavy (non-hydrogen) atoms. The van der Waals surface area contributed by atoms with E-state index in [4.69, 9.17) is 9.16 Å². The third-order valence-electron chi connectivity index (χ3n) is 4.37. The maximum absolute atomic E-state index is 11.9. The fourth-order valence-corrected chi connectivity index (χ4v) is 2.79. The van der Waals surface area contributed by atoms with Crippen molar-refractivity contribution in [1.82, 2.24) is 5.32 Å². The van der Waals surface area contributed by atoms with Crippen LogP contribution in [0.1, 0.15) is 32.8 Å². The van der Waals surface area contributed by atoms with E-state index in [0.717, 1.165) is 11.8 Å². The number of hydrogen-bond acceptors (Lipinski definition) is 4. The van der Waals surface area contributed by atoms with Gasteiger partial charge in [0, 0.05) is 6.42 Å². The molecule has 0 spiro atoms. The maximum Gasteiger partial charge on any atom is 0.407 e. The van der Waals surface area contributed by atoms with Gasteiger partial charge < -0.3 is 19.3 Å². The highest BCUT2D eigenvalue weighted by Gasteiger charge is 2.37. The van der Waals surface area contributed by atoms with Crippen LogP contribution in [0.4, 0.5) is 4.79 Å². The van der Waals surface area contributed by atoms with Gasteiger partial charge in [0.1, 0.15) is 12.9 Å². The van der Waals surface area contributed by atoms with Crippen LogP contribution in [0.5, 0.6) is 0 Å². The number of alkyl carbamates (subject to hydrolysis) is 1. The fourth-order valence-electron chi connectivity index (χ4n) is 1.74. The molecule has 0 aliphatic heterocycles. The molecule has 0 aliphatic rings. The van der Waals surface area contributed by atoms with Crippen molar-refractivity contribution in [2.45, 2.75) is 58.0 Å². The van der Waals surface area contributed by atoms with Crippen LogP contribution >= 0.6 is 0 Å². The molecule has 1 amide bonds. The molecule has 0 aliphatic carbocycles. The molecule has 1 aromatic carbocycles. The summed E-state index contributed by atoms with van der Waals surface area (Å²) < 4.78 is 11.3. The molecule has 0 unspecified atom stereocenters. The number of nitrogens with one attached hydrogen (secondary N) is 1. The lowest BCUT2D eigenvalue weighted by Crippen LogP contribution is -2.46. The summed E-state index contributed by atoms with van der Waals surface area (Å²) in [7, 11) is -1.93. The summed E-state index contributed by atoms with van der Waals surface area (Å²) in [6, 6.07) is 9.08. The lowest BCUT2D eigenvalue weighted by atomic mass is 10.2. The van der Waals surface area contributed by atoms with E-state index < -0.39 is 14.4 Å². The predicted octanol–water partition coefficient (Wildman–Crippen LogP) is 3.89. The summed E-state index contributed by atoms with van der Waals surface area (Å²) in [5.41, 5.74) is 0.914. The number of benzene rings is 1. The van der Waals surface area contributed by atoms with Gasteiger partial charge in [-0.1, -0.05) is 51.1 Å². The van der Waals surface area contributed by atoms with Crippen LogP contribution in [0.25, 0.3) is 0 Å². The van der Waals surface area contributed by atoms with Gasteiger partial charge in [-0.2, -0.15) is 0 Å². The van der Waals surface area contributed by atoms with Crippen molar-refractivity contribution >= 4 is 20.7 Å². The van der Waals surface area contributed by atoms with Gasteiger partial charge in [-0.25, -0.2) is 4.79 Å². The fraction of sp³-hybridized carbons (Fsp3) is 0.556. The summed E-state index contributed by atoms with van der Waals surface area (Å²) in [4.78, 5) is 22.8. The first kappa shape index (κ1) is 20.4. The Morgan fingerprint density at radius 2 is 1.88 bits per heavy atom. The van der Waals surface area contributed by atoms with Crippen LogP contribution in [-0.2, 0) is 20.6 Å². The number of rotatable bonds is 8. The lowest BCUT2D eigenvalue weighted by molar-refractivity contribution is -0.108. The van der Waals surface area contributed by atoms with Gasteiger partial charge in [-0.3, -0.25) is 0 Å². The van der Waals surface area contributed by atoms with E-state index in [2.05, 4.69) is 39.2 Å². The molecule has 1 N–H and O–H groups in total. The highest BCUT2D eigenvalue weighted by molar-refractivity contribution is 6.74. The molecule has 1 atom stereocenters. The van der Waals surface area contributed by atoms with E-state index in [-0.39, 0.29) is 24.1 Å². The van der Waals surface area contributed by atoms with E-state index in [1.54, 1.807) is 0 Å². The van der Waals surface area contributed by atoms with Gasteiger partial charge in [0.05, 0.1) is 12.6 Å². The number of amides is 1.